The van der Waals surface area contributed by atoms with Crippen LogP contribution in [0.5, 0.6) is 0 Å². The first-order chi connectivity index (χ1) is 11.9. The lowest BCUT2D eigenvalue weighted by Crippen LogP contribution is -2.38. The molecule has 1 unspecified atom stereocenters. The molecule has 0 bridgehead atoms. The summed E-state index contributed by atoms with van der Waals surface area (Å²) < 4.78 is 0. The van der Waals surface area contributed by atoms with Gasteiger partial charge in [0, 0.05) is 40.3 Å². The van der Waals surface area contributed by atoms with Gasteiger partial charge in [-0.25, -0.2) is 9.59 Å². The molecule has 1 aromatic rings. The summed E-state index contributed by atoms with van der Waals surface area (Å²) in [5, 5.41) is 16.2. The number of hydroxylamine groups is 4. The fourth-order valence-corrected chi connectivity index (χ4v) is 2.04. The summed E-state index contributed by atoms with van der Waals surface area (Å²) in [6, 6.07) is 4.39. The van der Waals surface area contributed by atoms with Crippen LogP contribution in [0.25, 0.3) is 0 Å². The van der Waals surface area contributed by atoms with Gasteiger partial charge in [-0.15, -0.1) is 10.1 Å². The first kappa shape index (κ1) is 22.0. The molecule has 0 saturated carbocycles. The Morgan fingerprint density at radius 1 is 1.00 bits per heavy atom. The fourth-order valence-electron chi connectivity index (χ4n) is 2.04. The van der Waals surface area contributed by atoms with Crippen molar-refractivity contribution >= 4 is 11.9 Å². The minimum atomic E-state index is -0.910. The van der Waals surface area contributed by atoms with E-state index >= 15 is 0 Å². The average Bonchev–Trinajstić information content (AvgIpc) is 2.50. The maximum Gasteiger partial charge on any atom is 0.357 e. The largest absolute Gasteiger partial charge is 0.387 e. The van der Waals surface area contributed by atoms with Crippen molar-refractivity contribution in [3.05, 3.63) is 34.9 Å². The van der Waals surface area contributed by atoms with E-state index in [4.69, 9.17) is 9.68 Å². The molecular weight excluding hydrogens is 338 g/mol. The molecule has 0 amide bonds. The van der Waals surface area contributed by atoms with Crippen molar-refractivity contribution in [3.63, 3.8) is 0 Å². The standard InChI is InChI=1S/C18H29N3O5/c1-18(2,3)19-11-15(22)12-8-13(16(23)25-20(4)5)10-14(9-12)17(24)26-21(6)7/h8-10,15,19,22H,11H2,1-7H3. The fraction of sp³-hybridized carbons (Fsp3) is 0.556. The van der Waals surface area contributed by atoms with Crippen LogP contribution in [0, 0.1) is 0 Å². The highest BCUT2D eigenvalue weighted by molar-refractivity contribution is 5.95. The third-order valence-electron chi connectivity index (χ3n) is 3.17. The van der Waals surface area contributed by atoms with Gasteiger partial charge in [-0.1, -0.05) is 0 Å². The van der Waals surface area contributed by atoms with Gasteiger partial charge in [-0.2, -0.15) is 0 Å². The van der Waals surface area contributed by atoms with Crippen molar-refractivity contribution in [2.75, 3.05) is 34.7 Å². The topological polar surface area (TPSA) is 91.3 Å². The van der Waals surface area contributed by atoms with E-state index in [1.807, 2.05) is 20.8 Å². The molecule has 8 heteroatoms. The molecule has 0 heterocycles. The maximum absolute atomic E-state index is 12.2. The number of rotatable bonds is 7. The second-order valence-electron chi connectivity index (χ2n) is 7.37. The number of aliphatic hydroxyl groups is 1. The minimum absolute atomic E-state index is 0.150. The summed E-state index contributed by atoms with van der Waals surface area (Å²) in [7, 11) is 6.30. The summed E-state index contributed by atoms with van der Waals surface area (Å²) in [6.45, 7) is 6.19. The normalized spacial score (nSPS) is 13.0. The Kier molecular flexibility index (Phi) is 7.70. The quantitative estimate of drug-likeness (QED) is 0.699. The van der Waals surface area contributed by atoms with Gasteiger partial charge in [0.1, 0.15) is 0 Å². The van der Waals surface area contributed by atoms with Crippen molar-refractivity contribution < 1.29 is 24.4 Å². The molecule has 0 aliphatic rings. The van der Waals surface area contributed by atoms with E-state index in [0.29, 0.717) is 5.56 Å². The third kappa shape index (κ3) is 7.49. The highest BCUT2D eigenvalue weighted by atomic mass is 16.7. The van der Waals surface area contributed by atoms with Crippen LogP contribution in [0.2, 0.25) is 0 Å². The zero-order chi connectivity index (χ0) is 20.1. The molecule has 1 atom stereocenters. The number of carbonyl (C=O) groups excluding carboxylic acids is 2. The minimum Gasteiger partial charge on any atom is -0.387 e. The molecule has 0 saturated heterocycles. The van der Waals surface area contributed by atoms with Crippen molar-refractivity contribution in [2.45, 2.75) is 32.4 Å². The Morgan fingerprint density at radius 2 is 1.42 bits per heavy atom. The molecule has 0 fully saturated rings. The predicted octanol–water partition coefficient (Wildman–Crippen LogP) is 1.37. The van der Waals surface area contributed by atoms with Crippen molar-refractivity contribution in [1.29, 1.82) is 0 Å². The number of hydrogen-bond donors (Lipinski definition) is 2. The van der Waals surface area contributed by atoms with Crippen LogP contribution in [0.1, 0.15) is 53.2 Å². The summed E-state index contributed by atoms with van der Waals surface area (Å²) in [4.78, 5) is 34.5. The van der Waals surface area contributed by atoms with Crippen LogP contribution in [-0.2, 0) is 9.68 Å². The molecule has 0 aliphatic carbocycles. The lowest BCUT2D eigenvalue weighted by atomic mass is 10.0. The number of carbonyl (C=O) groups is 2. The first-order valence-corrected chi connectivity index (χ1v) is 8.26. The number of β-amino-alcohol motifs (C(OH)–C–C–N with tert-alkyl or cyclic N) is 1. The van der Waals surface area contributed by atoms with Gasteiger partial charge >= 0.3 is 11.9 Å². The predicted molar refractivity (Wildman–Crippen MR) is 97.4 cm³/mol. The molecule has 0 radical (unpaired) electrons. The SMILES string of the molecule is CN(C)OC(=O)c1cc(C(=O)ON(C)C)cc(C(O)CNC(C)(C)C)c1. The van der Waals surface area contributed by atoms with Crippen molar-refractivity contribution in [3.8, 4) is 0 Å². The van der Waals surface area contributed by atoms with E-state index < -0.39 is 18.0 Å². The second-order valence-corrected chi connectivity index (χ2v) is 7.37. The average molecular weight is 367 g/mol. The van der Waals surface area contributed by atoms with Crippen molar-refractivity contribution in [1.82, 2.24) is 15.4 Å². The molecule has 8 nitrogen and oxygen atoms in total. The highest BCUT2D eigenvalue weighted by Crippen LogP contribution is 2.20. The highest BCUT2D eigenvalue weighted by Gasteiger charge is 2.20. The monoisotopic (exact) mass is 367 g/mol. The van der Waals surface area contributed by atoms with Gasteiger partial charge in [-0.05, 0) is 44.5 Å². The van der Waals surface area contributed by atoms with Gasteiger partial charge in [0.15, 0.2) is 0 Å². The molecule has 1 rings (SSSR count). The number of benzene rings is 1. The van der Waals surface area contributed by atoms with E-state index in [1.54, 1.807) is 28.2 Å². The molecule has 0 aromatic heterocycles. The second kappa shape index (κ2) is 9.09. The number of nitrogens with zero attached hydrogens (tertiary/aromatic N) is 2. The van der Waals surface area contributed by atoms with Gasteiger partial charge in [0.25, 0.3) is 0 Å². The van der Waals surface area contributed by atoms with E-state index in [0.717, 1.165) is 0 Å². The summed E-state index contributed by atoms with van der Waals surface area (Å²) >= 11 is 0. The molecule has 146 valence electrons. The first-order valence-electron chi connectivity index (χ1n) is 8.26. The molecule has 1 aromatic carbocycles. The number of nitrogens with one attached hydrogen (secondary N) is 1. The molecule has 0 spiro atoms. The number of aliphatic hydroxyl groups excluding tert-OH is 1. The van der Waals surface area contributed by atoms with Gasteiger partial charge in [0.05, 0.1) is 17.2 Å². The van der Waals surface area contributed by atoms with Crippen LogP contribution >= 0.6 is 0 Å². The maximum atomic E-state index is 12.2. The molecular formula is C18H29N3O5. The van der Waals surface area contributed by atoms with Crippen LogP contribution in [0.15, 0.2) is 18.2 Å². The van der Waals surface area contributed by atoms with E-state index in [-0.39, 0.29) is 23.2 Å². The Labute approximate surface area is 154 Å². The lowest BCUT2D eigenvalue weighted by Gasteiger charge is -2.23. The Hall–Kier alpha value is -2.00. The van der Waals surface area contributed by atoms with E-state index in [2.05, 4.69) is 5.32 Å². The van der Waals surface area contributed by atoms with E-state index in [9.17, 15) is 14.7 Å². The molecule has 0 aliphatic heterocycles. The van der Waals surface area contributed by atoms with E-state index in [1.165, 1.54) is 28.3 Å². The lowest BCUT2D eigenvalue weighted by molar-refractivity contribution is -0.0716. The third-order valence-corrected chi connectivity index (χ3v) is 3.17. The van der Waals surface area contributed by atoms with Gasteiger partial charge in [0.2, 0.25) is 0 Å². The molecule has 2 N–H and O–H groups in total. The van der Waals surface area contributed by atoms with Crippen LogP contribution in [0.4, 0.5) is 0 Å². The summed E-state index contributed by atoms with van der Waals surface area (Å²) in [5.74, 6) is -1.27. The van der Waals surface area contributed by atoms with Crippen molar-refractivity contribution in [2.24, 2.45) is 0 Å². The zero-order valence-electron chi connectivity index (χ0n) is 16.5. The molecule has 26 heavy (non-hydrogen) atoms. The Morgan fingerprint density at radius 3 is 1.77 bits per heavy atom. The zero-order valence-corrected chi connectivity index (χ0v) is 16.5. The summed E-state index contributed by atoms with van der Waals surface area (Å²) in [6.07, 6.45) is -0.910. The number of hydrogen-bond acceptors (Lipinski definition) is 8. The summed E-state index contributed by atoms with van der Waals surface area (Å²) in [5.41, 5.74) is 0.531. The van der Waals surface area contributed by atoms with Gasteiger partial charge in [-0.3, -0.25) is 0 Å². The smallest absolute Gasteiger partial charge is 0.357 e. The van der Waals surface area contributed by atoms with Crippen LogP contribution in [-0.4, -0.2) is 67.4 Å². The van der Waals surface area contributed by atoms with Crippen LogP contribution in [0.3, 0.4) is 0 Å². The Balaban J connectivity index is 3.18. The van der Waals surface area contributed by atoms with Crippen LogP contribution < -0.4 is 5.32 Å². The Bertz CT molecular complexity index is 598. The van der Waals surface area contributed by atoms with Gasteiger partial charge < -0.3 is 20.1 Å².